The monoisotopic (exact) mass is 429 g/mol. The highest BCUT2D eigenvalue weighted by atomic mass is 16.5. The van der Waals surface area contributed by atoms with Crippen molar-refractivity contribution in [3.8, 4) is 22.6 Å². The average Bonchev–Trinajstić information content (AvgIpc) is 3.19. The molecule has 1 aromatic heterocycles. The maximum Gasteiger partial charge on any atom is 0.121 e. The van der Waals surface area contributed by atoms with Gasteiger partial charge < -0.3 is 9.30 Å². The van der Waals surface area contributed by atoms with Crippen molar-refractivity contribution in [2.24, 2.45) is 0 Å². The number of ether oxygens (including phenoxy) is 1. The molecule has 0 fully saturated rings. The van der Waals surface area contributed by atoms with Crippen LogP contribution in [-0.4, -0.2) is 11.7 Å². The van der Waals surface area contributed by atoms with Crippen molar-refractivity contribution >= 4 is 27.4 Å². The molecule has 2 heteroatoms. The molecule has 0 N–H and O–H groups in total. The van der Waals surface area contributed by atoms with E-state index < -0.39 is 0 Å². The molecular formula is C31H27NO. The Morgan fingerprint density at radius 1 is 0.818 bits per heavy atom. The van der Waals surface area contributed by atoms with E-state index in [-0.39, 0.29) is 0 Å². The third-order valence-electron chi connectivity index (χ3n) is 6.39. The Bertz CT molecular complexity index is 1530. The van der Waals surface area contributed by atoms with E-state index in [1.54, 1.807) is 7.11 Å². The number of fused-ring (bicyclic) bond motifs is 3. The van der Waals surface area contributed by atoms with Gasteiger partial charge in [0.1, 0.15) is 5.75 Å². The Morgan fingerprint density at radius 3 is 2.27 bits per heavy atom. The molecule has 0 bridgehead atoms. The fourth-order valence-corrected chi connectivity index (χ4v) is 4.77. The lowest BCUT2D eigenvalue weighted by atomic mass is 10.0. The van der Waals surface area contributed by atoms with Crippen molar-refractivity contribution in [1.82, 2.24) is 4.57 Å². The first-order chi connectivity index (χ1) is 16.2. The summed E-state index contributed by atoms with van der Waals surface area (Å²) < 4.78 is 7.82. The van der Waals surface area contributed by atoms with Crippen LogP contribution in [0.25, 0.3) is 44.2 Å². The molecule has 2 nitrogen and oxygen atoms in total. The summed E-state index contributed by atoms with van der Waals surface area (Å²) in [5.41, 5.74) is 9.37. The van der Waals surface area contributed by atoms with Gasteiger partial charge in [-0.25, -0.2) is 0 Å². The van der Waals surface area contributed by atoms with Crippen LogP contribution >= 0.6 is 0 Å². The number of methoxy groups -OCH3 is 1. The first-order valence-electron chi connectivity index (χ1n) is 11.2. The van der Waals surface area contributed by atoms with Crippen LogP contribution in [0.1, 0.15) is 18.1 Å². The smallest absolute Gasteiger partial charge is 0.121 e. The van der Waals surface area contributed by atoms with Gasteiger partial charge in [-0.05, 0) is 72.5 Å². The Kier molecular flexibility index (Phi) is 5.35. The standard InChI is InChI=1S/C31H27NO/c1-5-22(6-2)25-11-7-9-13-28(25)32-29-14-10-8-12-26(29)27-20-24(15-17-30(27)32)23-16-18-31(33-4)21(3)19-23/h5-20H,1H2,2-4H3/b22-6+. The van der Waals surface area contributed by atoms with Crippen molar-refractivity contribution < 1.29 is 4.74 Å². The third-order valence-corrected chi connectivity index (χ3v) is 6.39. The van der Waals surface area contributed by atoms with Gasteiger partial charge in [-0.1, -0.05) is 67.3 Å². The van der Waals surface area contributed by atoms with E-state index in [9.17, 15) is 0 Å². The number of hydrogen-bond acceptors (Lipinski definition) is 1. The molecule has 0 aliphatic rings. The summed E-state index contributed by atoms with van der Waals surface area (Å²) in [6, 6.07) is 30.3. The van der Waals surface area contributed by atoms with E-state index in [4.69, 9.17) is 4.74 Å². The minimum absolute atomic E-state index is 0.912. The van der Waals surface area contributed by atoms with Crippen molar-refractivity contribution in [3.63, 3.8) is 0 Å². The fraction of sp³-hybridized carbons (Fsp3) is 0.0968. The summed E-state index contributed by atoms with van der Waals surface area (Å²) in [6.07, 6.45) is 4.04. The van der Waals surface area contributed by atoms with Gasteiger partial charge in [0.2, 0.25) is 0 Å². The summed E-state index contributed by atoms with van der Waals surface area (Å²) in [5, 5.41) is 2.49. The fourth-order valence-electron chi connectivity index (χ4n) is 4.77. The second kappa shape index (κ2) is 8.48. The van der Waals surface area contributed by atoms with Crippen molar-refractivity contribution in [1.29, 1.82) is 0 Å². The quantitative estimate of drug-likeness (QED) is 0.256. The zero-order valence-electron chi connectivity index (χ0n) is 19.3. The summed E-state index contributed by atoms with van der Waals surface area (Å²) >= 11 is 0. The highest BCUT2D eigenvalue weighted by molar-refractivity contribution is 6.10. The number of aryl methyl sites for hydroxylation is 1. The molecule has 0 amide bonds. The second-order valence-electron chi connectivity index (χ2n) is 8.23. The molecule has 33 heavy (non-hydrogen) atoms. The average molecular weight is 430 g/mol. The molecule has 5 aromatic rings. The molecule has 0 aliphatic heterocycles. The molecule has 1 heterocycles. The summed E-state index contributed by atoms with van der Waals surface area (Å²) in [5.74, 6) is 0.912. The molecule has 4 aromatic carbocycles. The highest BCUT2D eigenvalue weighted by Crippen LogP contribution is 2.37. The van der Waals surface area contributed by atoms with Crippen LogP contribution in [0.15, 0.2) is 104 Å². The SMILES string of the molecule is C=C/C(=C\C)c1ccccc1-n1c2ccccc2c2cc(-c3ccc(OC)c(C)c3)ccc21. The first kappa shape index (κ1) is 20.8. The van der Waals surface area contributed by atoms with Crippen molar-refractivity contribution in [3.05, 3.63) is 115 Å². The molecule has 0 radical (unpaired) electrons. The van der Waals surface area contributed by atoms with E-state index in [1.165, 1.54) is 38.5 Å². The molecule has 0 saturated carbocycles. The third kappa shape index (κ3) is 3.44. The van der Waals surface area contributed by atoms with E-state index >= 15 is 0 Å². The van der Waals surface area contributed by atoms with E-state index in [1.807, 2.05) is 12.1 Å². The number of aromatic nitrogens is 1. The molecule has 5 rings (SSSR count). The molecule has 0 unspecified atom stereocenters. The van der Waals surface area contributed by atoms with Crippen LogP contribution in [0.5, 0.6) is 5.75 Å². The van der Waals surface area contributed by atoms with Gasteiger partial charge in [-0.15, -0.1) is 0 Å². The molecule has 0 atom stereocenters. The van der Waals surface area contributed by atoms with Gasteiger partial charge in [0.15, 0.2) is 0 Å². The number of benzene rings is 4. The number of hydrogen-bond donors (Lipinski definition) is 0. The van der Waals surface area contributed by atoms with Crippen LogP contribution in [0.4, 0.5) is 0 Å². The summed E-state index contributed by atoms with van der Waals surface area (Å²) in [6.45, 7) is 8.18. The van der Waals surface area contributed by atoms with Crippen LogP contribution in [-0.2, 0) is 0 Å². The van der Waals surface area contributed by atoms with Crippen molar-refractivity contribution in [2.75, 3.05) is 7.11 Å². The van der Waals surface area contributed by atoms with Crippen LogP contribution in [0, 0.1) is 6.92 Å². The summed E-state index contributed by atoms with van der Waals surface area (Å²) in [4.78, 5) is 0. The molecule has 0 aliphatic carbocycles. The van der Waals surface area contributed by atoms with Gasteiger partial charge in [0, 0.05) is 16.3 Å². The lowest BCUT2D eigenvalue weighted by molar-refractivity contribution is 0.412. The van der Waals surface area contributed by atoms with Crippen molar-refractivity contribution in [2.45, 2.75) is 13.8 Å². The zero-order valence-corrected chi connectivity index (χ0v) is 19.3. The second-order valence-corrected chi connectivity index (χ2v) is 8.23. The Morgan fingerprint density at radius 2 is 1.52 bits per heavy atom. The lowest BCUT2D eigenvalue weighted by Crippen LogP contribution is -1.98. The van der Waals surface area contributed by atoms with Gasteiger partial charge in [-0.2, -0.15) is 0 Å². The van der Waals surface area contributed by atoms with E-state index in [0.717, 1.165) is 22.6 Å². The Hall–Kier alpha value is -4.04. The predicted octanol–water partition coefficient (Wildman–Crippen LogP) is 8.36. The molecule has 162 valence electrons. The van der Waals surface area contributed by atoms with Gasteiger partial charge in [-0.3, -0.25) is 0 Å². The topological polar surface area (TPSA) is 14.2 Å². The van der Waals surface area contributed by atoms with Crippen LogP contribution in [0.3, 0.4) is 0 Å². The molecule has 0 saturated heterocycles. The lowest BCUT2D eigenvalue weighted by Gasteiger charge is -2.14. The number of nitrogens with zero attached hydrogens (tertiary/aromatic N) is 1. The van der Waals surface area contributed by atoms with Crippen LogP contribution in [0.2, 0.25) is 0 Å². The van der Waals surface area contributed by atoms with E-state index in [0.29, 0.717) is 0 Å². The van der Waals surface area contributed by atoms with Crippen LogP contribution < -0.4 is 4.74 Å². The van der Waals surface area contributed by atoms with E-state index in [2.05, 4.69) is 110 Å². The first-order valence-corrected chi connectivity index (χ1v) is 11.2. The predicted molar refractivity (Wildman–Crippen MR) is 141 cm³/mol. The number of allylic oxidation sites excluding steroid dienone is 3. The maximum absolute atomic E-state index is 5.45. The largest absolute Gasteiger partial charge is 0.496 e. The highest BCUT2D eigenvalue weighted by Gasteiger charge is 2.16. The minimum atomic E-state index is 0.912. The maximum atomic E-state index is 5.45. The zero-order chi connectivity index (χ0) is 22.9. The van der Waals surface area contributed by atoms with Gasteiger partial charge >= 0.3 is 0 Å². The number of rotatable bonds is 5. The number of para-hydroxylation sites is 2. The Labute approximate surface area is 195 Å². The van der Waals surface area contributed by atoms with Gasteiger partial charge in [0.25, 0.3) is 0 Å². The summed E-state index contributed by atoms with van der Waals surface area (Å²) in [7, 11) is 1.71. The minimum Gasteiger partial charge on any atom is -0.496 e. The van der Waals surface area contributed by atoms with Gasteiger partial charge in [0.05, 0.1) is 23.8 Å². The molecule has 0 spiro atoms. The molecular weight excluding hydrogens is 402 g/mol. The normalized spacial score (nSPS) is 11.8. The Balaban J connectivity index is 1.79.